The molecule has 4 nitrogen and oxygen atoms in total. The van der Waals surface area contributed by atoms with E-state index in [1.165, 1.54) is 6.26 Å². The van der Waals surface area contributed by atoms with E-state index in [1.54, 1.807) is 12.1 Å². The number of amides is 1. The first-order valence-electron chi connectivity index (χ1n) is 3.77. The molecule has 66 valence electrons. The predicted molar refractivity (Wildman–Crippen MR) is 41.7 cm³/mol. The van der Waals surface area contributed by atoms with Crippen LogP contribution in [-0.4, -0.2) is 12.6 Å². The summed E-state index contributed by atoms with van der Waals surface area (Å²) in [7, 11) is 0. The van der Waals surface area contributed by atoms with Gasteiger partial charge in [-0.3, -0.25) is 4.90 Å². The maximum absolute atomic E-state index is 10.5. The van der Waals surface area contributed by atoms with Crippen LogP contribution in [-0.2, 0) is 0 Å². The number of carbonyl (C=O) groups excluding carboxylic acids is 1. The monoisotopic (exact) mass is 168 g/mol. The van der Waals surface area contributed by atoms with Crippen molar-refractivity contribution in [2.24, 2.45) is 0 Å². The van der Waals surface area contributed by atoms with Gasteiger partial charge in [-0.2, -0.15) is 0 Å². The third kappa shape index (κ3) is 1.78. The lowest BCUT2D eigenvalue weighted by Gasteiger charge is -2.20. The van der Waals surface area contributed by atoms with Crippen molar-refractivity contribution in [3.8, 4) is 0 Å². The molecule has 0 radical (unpaired) electrons. The number of furan rings is 1. The summed E-state index contributed by atoms with van der Waals surface area (Å²) in [4.78, 5) is 11.6. The molecular formula is C8H10NO3-. The van der Waals surface area contributed by atoms with Gasteiger partial charge in [-0.1, -0.05) is 6.92 Å². The average Bonchev–Trinajstić information content (AvgIpc) is 2.51. The second-order valence-electron chi connectivity index (χ2n) is 2.37. The van der Waals surface area contributed by atoms with Gasteiger partial charge in [0.15, 0.2) is 0 Å². The van der Waals surface area contributed by atoms with Gasteiger partial charge >= 0.3 is 0 Å². The fourth-order valence-electron chi connectivity index (χ4n) is 0.939. The Hall–Kier alpha value is -1.45. The summed E-state index contributed by atoms with van der Waals surface area (Å²) in [6.45, 7) is 2.29. The van der Waals surface area contributed by atoms with Crippen LogP contribution in [0.25, 0.3) is 0 Å². The summed E-state index contributed by atoms with van der Waals surface area (Å²) in [5.74, 6) is 0.317. The van der Waals surface area contributed by atoms with Gasteiger partial charge in [0, 0.05) is 12.6 Å². The van der Waals surface area contributed by atoms with Gasteiger partial charge < -0.3 is 14.3 Å². The quantitative estimate of drug-likeness (QED) is 0.672. The zero-order chi connectivity index (χ0) is 8.97. The Morgan fingerprint density at radius 1 is 1.75 bits per heavy atom. The van der Waals surface area contributed by atoms with E-state index in [9.17, 15) is 9.90 Å². The van der Waals surface area contributed by atoms with Crippen molar-refractivity contribution < 1.29 is 14.3 Å². The SMILES string of the molecule is CCCN(C(=O)[O-])c1ccco1. The standard InChI is InChI=1S/C8H11NO3/c1-2-5-9(8(10)11)7-4-3-6-12-7/h3-4,6H,2,5H2,1H3,(H,10,11)/p-1. The molecule has 1 aromatic heterocycles. The number of hydrogen-bond donors (Lipinski definition) is 0. The number of nitrogens with zero attached hydrogens (tertiary/aromatic N) is 1. The lowest BCUT2D eigenvalue weighted by Crippen LogP contribution is -2.41. The number of carboxylic acid groups (broad SMARTS) is 1. The minimum absolute atomic E-state index is 0.317. The molecule has 1 rings (SSSR count). The highest BCUT2D eigenvalue weighted by Crippen LogP contribution is 2.13. The number of anilines is 1. The van der Waals surface area contributed by atoms with E-state index in [0.717, 1.165) is 11.3 Å². The van der Waals surface area contributed by atoms with Crippen LogP contribution in [0, 0.1) is 0 Å². The molecule has 0 unspecified atom stereocenters. The molecule has 1 amide bonds. The van der Waals surface area contributed by atoms with Crippen LogP contribution in [0.4, 0.5) is 10.7 Å². The van der Waals surface area contributed by atoms with Crippen LogP contribution in [0.2, 0.25) is 0 Å². The molecule has 0 aliphatic rings. The zero-order valence-electron chi connectivity index (χ0n) is 6.82. The van der Waals surface area contributed by atoms with E-state index >= 15 is 0 Å². The first-order valence-corrected chi connectivity index (χ1v) is 3.77. The molecule has 0 aromatic carbocycles. The lowest BCUT2D eigenvalue weighted by atomic mass is 10.4. The van der Waals surface area contributed by atoms with E-state index in [-0.39, 0.29) is 0 Å². The van der Waals surface area contributed by atoms with Crippen LogP contribution in [0.1, 0.15) is 13.3 Å². The number of rotatable bonds is 3. The van der Waals surface area contributed by atoms with Gasteiger partial charge in [-0.25, -0.2) is 0 Å². The van der Waals surface area contributed by atoms with Gasteiger partial charge in [0.25, 0.3) is 0 Å². The highest BCUT2D eigenvalue weighted by Gasteiger charge is 2.07. The van der Waals surface area contributed by atoms with Gasteiger partial charge in [0.05, 0.1) is 6.26 Å². The van der Waals surface area contributed by atoms with Gasteiger partial charge in [-0.05, 0) is 12.5 Å². The molecule has 0 bridgehead atoms. The van der Waals surface area contributed by atoms with Crippen LogP contribution < -0.4 is 10.0 Å². The minimum atomic E-state index is -1.23. The summed E-state index contributed by atoms with van der Waals surface area (Å²) in [6, 6.07) is 3.23. The van der Waals surface area contributed by atoms with Gasteiger partial charge in [-0.15, -0.1) is 0 Å². The smallest absolute Gasteiger partial charge is 0.200 e. The molecule has 0 saturated carbocycles. The molecule has 0 aliphatic carbocycles. The molecule has 0 spiro atoms. The second kappa shape index (κ2) is 3.80. The maximum Gasteiger partial charge on any atom is 0.200 e. The van der Waals surface area contributed by atoms with Crippen LogP contribution in [0.15, 0.2) is 22.8 Å². The van der Waals surface area contributed by atoms with Crippen molar-refractivity contribution in [2.75, 3.05) is 11.4 Å². The van der Waals surface area contributed by atoms with Crippen molar-refractivity contribution in [1.82, 2.24) is 0 Å². The third-order valence-corrected chi connectivity index (χ3v) is 1.44. The summed E-state index contributed by atoms with van der Waals surface area (Å²) >= 11 is 0. The highest BCUT2D eigenvalue weighted by atomic mass is 16.4. The Morgan fingerprint density at radius 2 is 2.50 bits per heavy atom. The van der Waals surface area contributed by atoms with E-state index in [4.69, 9.17) is 4.42 Å². The van der Waals surface area contributed by atoms with E-state index in [0.29, 0.717) is 12.4 Å². The van der Waals surface area contributed by atoms with Crippen molar-refractivity contribution in [3.05, 3.63) is 18.4 Å². The van der Waals surface area contributed by atoms with E-state index < -0.39 is 6.09 Å². The van der Waals surface area contributed by atoms with Crippen LogP contribution in [0.5, 0.6) is 0 Å². The fraction of sp³-hybridized carbons (Fsp3) is 0.375. The summed E-state index contributed by atoms with van der Waals surface area (Å²) < 4.78 is 4.91. The molecule has 0 saturated heterocycles. The molecule has 4 heteroatoms. The molecule has 0 atom stereocenters. The maximum atomic E-state index is 10.5. The number of hydrogen-bond acceptors (Lipinski definition) is 3. The second-order valence-corrected chi connectivity index (χ2v) is 2.37. The normalized spacial score (nSPS) is 9.75. The van der Waals surface area contributed by atoms with Crippen molar-refractivity contribution in [2.45, 2.75) is 13.3 Å². The summed E-state index contributed by atoms with van der Waals surface area (Å²) in [6.07, 6.45) is 0.933. The first kappa shape index (κ1) is 8.64. The molecule has 0 N–H and O–H groups in total. The Morgan fingerprint density at radius 3 is 2.92 bits per heavy atom. The van der Waals surface area contributed by atoms with Crippen molar-refractivity contribution >= 4 is 12.0 Å². The highest BCUT2D eigenvalue weighted by molar-refractivity contribution is 5.82. The third-order valence-electron chi connectivity index (χ3n) is 1.44. The molecule has 0 fully saturated rings. The summed E-state index contributed by atoms with van der Waals surface area (Å²) in [5.41, 5.74) is 0. The predicted octanol–water partition coefficient (Wildman–Crippen LogP) is 0.839. The van der Waals surface area contributed by atoms with Gasteiger partial charge in [0.1, 0.15) is 6.09 Å². The van der Waals surface area contributed by atoms with Crippen LogP contribution in [0.3, 0.4) is 0 Å². The Labute approximate surface area is 70.4 Å². The Kier molecular flexibility index (Phi) is 2.74. The Balaban J connectivity index is 2.73. The van der Waals surface area contributed by atoms with Crippen LogP contribution >= 0.6 is 0 Å². The molecular weight excluding hydrogens is 158 g/mol. The van der Waals surface area contributed by atoms with E-state index in [2.05, 4.69) is 0 Å². The Bertz CT molecular complexity index is 243. The molecule has 1 aromatic rings. The van der Waals surface area contributed by atoms with Gasteiger partial charge in [0.2, 0.25) is 5.88 Å². The largest absolute Gasteiger partial charge is 0.530 e. The number of carbonyl (C=O) groups is 1. The van der Waals surface area contributed by atoms with E-state index in [1.807, 2.05) is 6.92 Å². The molecule has 1 heterocycles. The minimum Gasteiger partial charge on any atom is -0.530 e. The first-order chi connectivity index (χ1) is 5.75. The zero-order valence-corrected chi connectivity index (χ0v) is 6.82. The van der Waals surface area contributed by atoms with Crippen molar-refractivity contribution in [1.29, 1.82) is 0 Å². The fourth-order valence-corrected chi connectivity index (χ4v) is 0.939. The summed E-state index contributed by atoms with van der Waals surface area (Å²) in [5, 5.41) is 10.5. The topological polar surface area (TPSA) is 56.5 Å². The average molecular weight is 168 g/mol. The molecule has 0 aliphatic heterocycles. The molecule has 12 heavy (non-hydrogen) atoms. The van der Waals surface area contributed by atoms with Crippen molar-refractivity contribution in [3.63, 3.8) is 0 Å². The lowest BCUT2D eigenvalue weighted by molar-refractivity contribution is -0.246.